The van der Waals surface area contributed by atoms with E-state index < -0.39 is 0 Å². The van der Waals surface area contributed by atoms with Crippen molar-refractivity contribution in [2.24, 2.45) is 23.7 Å². The maximum atomic E-state index is 5.27. The molecule has 0 aromatic rings. The molecule has 0 radical (unpaired) electrons. The Morgan fingerprint density at radius 3 is 1.85 bits per heavy atom. The molecule has 2 heteroatoms. The number of allylic oxidation sites excluding steroid dienone is 2. The van der Waals surface area contributed by atoms with Crippen LogP contribution >= 0.6 is 0 Å². The Kier molecular flexibility index (Phi) is 2.70. The van der Waals surface area contributed by atoms with Crippen LogP contribution in [0.25, 0.3) is 0 Å². The molecule has 0 aromatic heterocycles. The summed E-state index contributed by atoms with van der Waals surface area (Å²) in [5.41, 5.74) is 0. The van der Waals surface area contributed by atoms with Gasteiger partial charge in [-0.25, -0.2) is 0 Å². The first-order chi connectivity index (χ1) is 6.36. The molecule has 0 aromatic carbocycles. The van der Waals surface area contributed by atoms with E-state index in [1.54, 1.807) is 14.2 Å². The van der Waals surface area contributed by atoms with Crippen LogP contribution in [-0.2, 0) is 9.47 Å². The molecule has 0 amide bonds. The molecule has 0 N–H and O–H groups in total. The van der Waals surface area contributed by atoms with Crippen LogP contribution in [0.2, 0.25) is 0 Å². The summed E-state index contributed by atoms with van der Waals surface area (Å²) in [7, 11) is 3.58. The van der Waals surface area contributed by atoms with Crippen LogP contribution in [0, 0.1) is 23.7 Å². The minimum absolute atomic E-state index is 0.694. The van der Waals surface area contributed by atoms with Crippen LogP contribution in [0.1, 0.15) is 6.42 Å². The van der Waals surface area contributed by atoms with E-state index in [0.29, 0.717) is 11.8 Å². The van der Waals surface area contributed by atoms with Gasteiger partial charge in [-0.3, -0.25) is 0 Å². The highest BCUT2D eigenvalue weighted by atomic mass is 16.5. The smallest absolute Gasteiger partial charge is 0.0499 e. The summed E-state index contributed by atoms with van der Waals surface area (Å²) in [6, 6.07) is 0. The highest BCUT2D eigenvalue weighted by Gasteiger charge is 2.43. The molecule has 2 rings (SSSR count). The molecule has 1 fully saturated rings. The minimum atomic E-state index is 0.694. The summed E-state index contributed by atoms with van der Waals surface area (Å²) < 4.78 is 10.5. The molecule has 2 aliphatic carbocycles. The first-order valence-electron chi connectivity index (χ1n) is 5.03. The quantitative estimate of drug-likeness (QED) is 0.616. The fraction of sp³-hybridized carbons (Fsp3) is 0.818. The molecule has 0 aliphatic heterocycles. The monoisotopic (exact) mass is 182 g/mol. The molecule has 0 unspecified atom stereocenters. The lowest BCUT2D eigenvalue weighted by Crippen LogP contribution is -2.27. The van der Waals surface area contributed by atoms with Crippen LogP contribution in [0.3, 0.4) is 0 Å². The zero-order valence-electron chi connectivity index (χ0n) is 8.40. The van der Waals surface area contributed by atoms with Crippen molar-refractivity contribution in [1.82, 2.24) is 0 Å². The summed E-state index contributed by atoms with van der Waals surface area (Å²) >= 11 is 0. The van der Waals surface area contributed by atoms with Gasteiger partial charge in [0, 0.05) is 27.4 Å². The molecule has 4 atom stereocenters. The van der Waals surface area contributed by atoms with Gasteiger partial charge in [0.1, 0.15) is 0 Å². The zero-order chi connectivity index (χ0) is 9.26. The third-order valence-corrected chi connectivity index (χ3v) is 3.52. The Morgan fingerprint density at radius 1 is 1.00 bits per heavy atom. The topological polar surface area (TPSA) is 18.5 Å². The SMILES string of the molecule is COC[C@@H]1[C@H](COC)[C@@H]2C=C[C@H]1C2. The number of hydrogen-bond acceptors (Lipinski definition) is 2. The van der Waals surface area contributed by atoms with Crippen LogP contribution in [0.5, 0.6) is 0 Å². The molecular weight excluding hydrogens is 164 g/mol. The van der Waals surface area contributed by atoms with E-state index in [9.17, 15) is 0 Å². The Bertz CT molecular complexity index is 180. The summed E-state index contributed by atoms with van der Waals surface area (Å²) in [5.74, 6) is 2.90. The number of fused-ring (bicyclic) bond motifs is 2. The highest BCUT2D eigenvalue weighted by Crippen LogP contribution is 2.47. The van der Waals surface area contributed by atoms with E-state index >= 15 is 0 Å². The number of methoxy groups -OCH3 is 2. The lowest BCUT2D eigenvalue weighted by Gasteiger charge is -2.26. The van der Waals surface area contributed by atoms with Gasteiger partial charge in [0.2, 0.25) is 0 Å². The third kappa shape index (κ3) is 1.53. The van der Waals surface area contributed by atoms with Crippen molar-refractivity contribution in [2.75, 3.05) is 27.4 Å². The Balaban J connectivity index is 2.02. The largest absolute Gasteiger partial charge is 0.384 e. The molecule has 1 saturated carbocycles. The molecule has 2 bridgehead atoms. The maximum absolute atomic E-state index is 5.27. The van der Waals surface area contributed by atoms with Gasteiger partial charge in [-0.2, -0.15) is 0 Å². The van der Waals surface area contributed by atoms with Crippen molar-refractivity contribution in [3.05, 3.63) is 12.2 Å². The van der Waals surface area contributed by atoms with Crippen molar-refractivity contribution >= 4 is 0 Å². The van der Waals surface area contributed by atoms with Crippen molar-refractivity contribution in [3.63, 3.8) is 0 Å². The van der Waals surface area contributed by atoms with E-state index in [1.807, 2.05) is 0 Å². The average Bonchev–Trinajstić information content (AvgIpc) is 2.69. The Hall–Kier alpha value is -0.340. The average molecular weight is 182 g/mol. The standard InChI is InChI=1S/C11H18O2/c1-12-6-10-8-3-4-9(5-8)11(10)7-13-2/h3-4,8-11H,5-7H2,1-2H3/t8-,9+,10-,11+. The first kappa shape index (κ1) is 9.22. The van der Waals surface area contributed by atoms with Crippen molar-refractivity contribution in [1.29, 1.82) is 0 Å². The van der Waals surface area contributed by atoms with Crippen molar-refractivity contribution in [2.45, 2.75) is 6.42 Å². The van der Waals surface area contributed by atoms with Gasteiger partial charge in [-0.15, -0.1) is 0 Å². The molecule has 0 spiro atoms. The fourth-order valence-electron chi connectivity index (χ4n) is 2.91. The summed E-state index contributed by atoms with van der Waals surface area (Å²) in [6.45, 7) is 1.78. The van der Waals surface area contributed by atoms with Gasteiger partial charge < -0.3 is 9.47 Å². The van der Waals surface area contributed by atoms with Crippen LogP contribution in [0.15, 0.2) is 12.2 Å². The molecule has 0 heterocycles. The summed E-state index contributed by atoms with van der Waals surface area (Å²) in [5, 5.41) is 0. The highest BCUT2D eigenvalue weighted by molar-refractivity contribution is 5.13. The molecule has 74 valence electrons. The second kappa shape index (κ2) is 3.81. The number of ether oxygens (including phenoxy) is 2. The van der Waals surface area contributed by atoms with Gasteiger partial charge in [0.05, 0.1) is 0 Å². The van der Waals surface area contributed by atoms with E-state index in [0.717, 1.165) is 25.0 Å². The zero-order valence-corrected chi connectivity index (χ0v) is 8.40. The molecule has 2 nitrogen and oxygen atoms in total. The van der Waals surface area contributed by atoms with Crippen molar-refractivity contribution in [3.8, 4) is 0 Å². The van der Waals surface area contributed by atoms with Crippen molar-refractivity contribution < 1.29 is 9.47 Å². The second-order valence-electron chi connectivity index (χ2n) is 4.19. The minimum Gasteiger partial charge on any atom is -0.384 e. The fourth-order valence-corrected chi connectivity index (χ4v) is 2.91. The summed E-state index contributed by atoms with van der Waals surface area (Å²) in [6.07, 6.45) is 6.04. The number of rotatable bonds is 4. The van der Waals surface area contributed by atoms with Gasteiger partial charge in [-0.05, 0) is 30.1 Å². The van der Waals surface area contributed by atoms with Gasteiger partial charge in [0.25, 0.3) is 0 Å². The molecule has 0 saturated heterocycles. The predicted octanol–water partition coefficient (Wildman–Crippen LogP) is 1.72. The summed E-state index contributed by atoms with van der Waals surface area (Å²) in [4.78, 5) is 0. The molecule has 13 heavy (non-hydrogen) atoms. The van der Waals surface area contributed by atoms with Gasteiger partial charge >= 0.3 is 0 Å². The van der Waals surface area contributed by atoms with E-state index in [-0.39, 0.29) is 0 Å². The normalized spacial score (nSPS) is 41.7. The third-order valence-electron chi connectivity index (χ3n) is 3.52. The van der Waals surface area contributed by atoms with E-state index in [2.05, 4.69) is 12.2 Å². The Morgan fingerprint density at radius 2 is 1.46 bits per heavy atom. The lowest BCUT2D eigenvalue weighted by atomic mass is 9.84. The van der Waals surface area contributed by atoms with Crippen LogP contribution in [-0.4, -0.2) is 27.4 Å². The Labute approximate surface area is 79.9 Å². The maximum Gasteiger partial charge on any atom is 0.0499 e. The van der Waals surface area contributed by atoms with Crippen LogP contribution in [0.4, 0.5) is 0 Å². The predicted molar refractivity (Wildman–Crippen MR) is 51.5 cm³/mol. The first-order valence-corrected chi connectivity index (χ1v) is 5.03. The van der Waals surface area contributed by atoms with Gasteiger partial charge in [0.15, 0.2) is 0 Å². The lowest BCUT2D eigenvalue weighted by molar-refractivity contribution is 0.0647. The molecule has 2 aliphatic rings. The van der Waals surface area contributed by atoms with Crippen LogP contribution < -0.4 is 0 Å². The molecular formula is C11H18O2. The van der Waals surface area contributed by atoms with Gasteiger partial charge in [-0.1, -0.05) is 12.2 Å². The number of hydrogen-bond donors (Lipinski definition) is 0. The second-order valence-corrected chi connectivity index (χ2v) is 4.19. The van der Waals surface area contributed by atoms with E-state index in [4.69, 9.17) is 9.47 Å². The van der Waals surface area contributed by atoms with E-state index in [1.165, 1.54) is 6.42 Å².